The van der Waals surface area contributed by atoms with E-state index in [1.807, 2.05) is 31.2 Å². The summed E-state index contributed by atoms with van der Waals surface area (Å²) < 4.78 is 5.35. The fourth-order valence-electron chi connectivity index (χ4n) is 2.35. The van der Waals surface area contributed by atoms with Gasteiger partial charge in [-0.25, -0.2) is 0 Å². The molecule has 0 spiro atoms. The number of nitrogens with one attached hydrogen (secondary N) is 1. The lowest BCUT2D eigenvalue weighted by atomic mass is 10.0. The molecule has 4 heteroatoms. The van der Waals surface area contributed by atoms with Gasteiger partial charge in [0.25, 0.3) is 0 Å². The lowest BCUT2D eigenvalue weighted by Gasteiger charge is -2.15. The SMILES string of the molecule is CCOc1ccc(NC(=O)C2CCCC2N)cc1. The molecule has 1 aromatic rings. The summed E-state index contributed by atoms with van der Waals surface area (Å²) in [7, 11) is 0. The molecule has 1 amide bonds. The van der Waals surface area contributed by atoms with Gasteiger partial charge < -0.3 is 15.8 Å². The Kier molecular flexibility index (Phi) is 4.20. The maximum atomic E-state index is 12.0. The van der Waals surface area contributed by atoms with Crippen LogP contribution >= 0.6 is 0 Å². The largest absolute Gasteiger partial charge is 0.494 e. The fourth-order valence-corrected chi connectivity index (χ4v) is 2.35. The van der Waals surface area contributed by atoms with Gasteiger partial charge in [-0.3, -0.25) is 4.79 Å². The molecular formula is C14H20N2O2. The Balaban J connectivity index is 1.94. The molecule has 1 fully saturated rings. The molecule has 0 radical (unpaired) electrons. The topological polar surface area (TPSA) is 64.3 Å². The Hall–Kier alpha value is -1.55. The van der Waals surface area contributed by atoms with Crippen LogP contribution in [0.5, 0.6) is 5.75 Å². The van der Waals surface area contributed by atoms with Crippen LogP contribution < -0.4 is 15.8 Å². The van der Waals surface area contributed by atoms with Crippen LogP contribution in [0.3, 0.4) is 0 Å². The molecule has 1 aliphatic rings. The first-order valence-corrected chi connectivity index (χ1v) is 6.50. The number of hydrogen-bond donors (Lipinski definition) is 2. The first-order chi connectivity index (χ1) is 8.70. The summed E-state index contributed by atoms with van der Waals surface area (Å²) in [6.45, 7) is 2.58. The number of nitrogens with two attached hydrogens (primary N) is 1. The summed E-state index contributed by atoms with van der Waals surface area (Å²) in [6, 6.07) is 7.42. The molecule has 0 saturated heterocycles. The van der Waals surface area contributed by atoms with Gasteiger partial charge in [-0.15, -0.1) is 0 Å². The summed E-state index contributed by atoms with van der Waals surface area (Å²) >= 11 is 0. The average molecular weight is 248 g/mol. The molecule has 18 heavy (non-hydrogen) atoms. The van der Waals surface area contributed by atoms with E-state index >= 15 is 0 Å². The summed E-state index contributed by atoms with van der Waals surface area (Å²) in [4.78, 5) is 12.0. The van der Waals surface area contributed by atoms with E-state index in [9.17, 15) is 4.79 Å². The van der Waals surface area contributed by atoms with Crippen molar-refractivity contribution < 1.29 is 9.53 Å². The second-order valence-electron chi connectivity index (χ2n) is 4.65. The molecule has 2 atom stereocenters. The molecule has 98 valence electrons. The Labute approximate surface area is 108 Å². The highest BCUT2D eigenvalue weighted by atomic mass is 16.5. The van der Waals surface area contributed by atoms with Crippen molar-refractivity contribution in [1.82, 2.24) is 0 Å². The van der Waals surface area contributed by atoms with Crippen molar-refractivity contribution in [2.75, 3.05) is 11.9 Å². The zero-order chi connectivity index (χ0) is 13.0. The molecule has 1 aliphatic carbocycles. The van der Waals surface area contributed by atoms with Gasteiger partial charge in [0.1, 0.15) is 5.75 Å². The summed E-state index contributed by atoms with van der Waals surface area (Å²) in [6.07, 6.45) is 2.88. The number of carbonyl (C=O) groups excluding carboxylic acids is 1. The van der Waals surface area contributed by atoms with Crippen LogP contribution in [-0.2, 0) is 4.79 Å². The Morgan fingerprint density at radius 1 is 1.39 bits per heavy atom. The Morgan fingerprint density at radius 2 is 2.11 bits per heavy atom. The fraction of sp³-hybridized carbons (Fsp3) is 0.500. The quantitative estimate of drug-likeness (QED) is 0.858. The van der Waals surface area contributed by atoms with Gasteiger partial charge in [-0.05, 0) is 44.0 Å². The van der Waals surface area contributed by atoms with Crippen molar-refractivity contribution >= 4 is 11.6 Å². The molecular weight excluding hydrogens is 228 g/mol. The number of rotatable bonds is 4. The van der Waals surface area contributed by atoms with Crippen molar-refractivity contribution in [2.45, 2.75) is 32.2 Å². The van der Waals surface area contributed by atoms with E-state index in [1.54, 1.807) is 0 Å². The minimum atomic E-state index is -0.0448. The van der Waals surface area contributed by atoms with Gasteiger partial charge in [-0.2, -0.15) is 0 Å². The highest BCUT2D eigenvalue weighted by molar-refractivity contribution is 5.93. The first kappa shape index (κ1) is 12.9. The predicted octanol–water partition coefficient (Wildman–Crippen LogP) is 2.15. The Bertz CT molecular complexity index is 403. The standard InChI is InChI=1S/C14H20N2O2/c1-2-18-11-8-6-10(7-9-11)16-14(17)12-4-3-5-13(12)15/h6-9,12-13H,2-5,15H2,1H3,(H,16,17). The molecule has 2 rings (SSSR count). The van der Waals surface area contributed by atoms with E-state index in [-0.39, 0.29) is 17.9 Å². The maximum Gasteiger partial charge on any atom is 0.229 e. The zero-order valence-corrected chi connectivity index (χ0v) is 10.7. The minimum absolute atomic E-state index is 0.00713. The van der Waals surface area contributed by atoms with Crippen molar-refractivity contribution in [3.63, 3.8) is 0 Å². The third-order valence-electron chi connectivity index (χ3n) is 3.34. The third-order valence-corrected chi connectivity index (χ3v) is 3.34. The zero-order valence-electron chi connectivity index (χ0n) is 10.7. The molecule has 0 heterocycles. The smallest absolute Gasteiger partial charge is 0.229 e. The van der Waals surface area contributed by atoms with E-state index < -0.39 is 0 Å². The molecule has 0 aliphatic heterocycles. The van der Waals surface area contributed by atoms with Gasteiger partial charge in [0.05, 0.1) is 12.5 Å². The van der Waals surface area contributed by atoms with Crippen molar-refractivity contribution in [3.8, 4) is 5.75 Å². The summed E-state index contributed by atoms with van der Waals surface area (Å²) in [5, 5.41) is 2.91. The van der Waals surface area contributed by atoms with Gasteiger partial charge in [-0.1, -0.05) is 6.42 Å². The highest BCUT2D eigenvalue weighted by Gasteiger charge is 2.30. The van der Waals surface area contributed by atoms with Crippen molar-refractivity contribution in [1.29, 1.82) is 0 Å². The van der Waals surface area contributed by atoms with E-state index in [0.717, 1.165) is 30.7 Å². The van der Waals surface area contributed by atoms with Crippen LogP contribution in [0, 0.1) is 5.92 Å². The monoisotopic (exact) mass is 248 g/mol. The molecule has 1 aromatic carbocycles. The molecule has 0 bridgehead atoms. The van der Waals surface area contributed by atoms with Crippen LogP contribution in [0.1, 0.15) is 26.2 Å². The second kappa shape index (κ2) is 5.87. The molecule has 3 N–H and O–H groups in total. The summed E-state index contributed by atoms with van der Waals surface area (Å²) in [5.74, 6) is 0.800. The van der Waals surface area contributed by atoms with Crippen LogP contribution in [0.2, 0.25) is 0 Å². The normalized spacial score (nSPS) is 22.8. The maximum absolute atomic E-state index is 12.0. The number of benzene rings is 1. The van der Waals surface area contributed by atoms with Gasteiger partial charge in [0.2, 0.25) is 5.91 Å². The number of carbonyl (C=O) groups is 1. The predicted molar refractivity (Wildman–Crippen MR) is 71.6 cm³/mol. The Morgan fingerprint density at radius 3 is 2.67 bits per heavy atom. The van der Waals surface area contributed by atoms with E-state index in [2.05, 4.69) is 5.32 Å². The number of anilines is 1. The lowest BCUT2D eigenvalue weighted by molar-refractivity contribution is -0.120. The van der Waals surface area contributed by atoms with Crippen LogP contribution in [0.15, 0.2) is 24.3 Å². The number of ether oxygens (including phenoxy) is 1. The molecule has 4 nitrogen and oxygen atoms in total. The van der Waals surface area contributed by atoms with E-state index in [1.165, 1.54) is 0 Å². The van der Waals surface area contributed by atoms with E-state index in [4.69, 9.17) is 10.5 Å². The second-order valence-corrected chi connectivity index (χ2v) is 4.65. The lowest BCUT2D eigenvalue weighted by Crippen LogP contribution is -2.34. The van der Waals surface area contributed by atoms with E-state index in [0.29, 0.717) is 6.61 Å². The molecule has 2 unspecified atom stereocenters. The number of hydrogen-bond acceptors (Lipinski definition) is 3. The van der Waals surface area contributed by atoms with Gasteiger partial charge >= 0.3 is 0 Å². The number of amides is 1. The molecule has 1 saturated carbocycles. The molecule has 0 aromatic heterocycles. The van der Waals surface area contributed by atoms with Crippen molar-refractivity contribution in [3.05, 3.63) is 24.3 Å². The summed E-state index contributed by atoms with van der Waals surface area (Å²) in [5.41, 5.74) is 6.71. The van der Waals surface area contributed by atoms with Gasteiger partial charge in [0.15, 0.2) is 0 Å². The van der Waals surface area contributed by atoms with Crippen molar-refractivity contribution in [2.24, 2.45) is 11.7 Å². The first-order valence-electron chi connectivity index (χ1n) is 6.50. The van der Waals surface area contributed by atoms with Crippen LogP contribution in [0.4, 0.5) is 5.69 Å². The van der Waals surface area contributed by atoms with Crippen LogP contribution in [-0.4, -0.2) is 18.6 Å². The highest BCUT2D eigenvalue weighted by Crippen LogP contribution is 2.25. The third kappa shape index (κ3) is 3.01. The minimum Gasteiger partial charge on any atom is -0.494 e. The van der Waals surface area contributed by atoms with Crippen LogP contribution in [0.25, 0.3) is 0 Å². The average Bonchev–Trinajstić information content (AvgIpc) is 2.78. The van der Waals surface area contributed by atoms with Gasteiger partial charge in [0, 0.05) is 11.7 Å².